The predicted molar refractivity (Wildman–Crippen MR) is 71.8 cm³/mol. The van der Waals surface area contributed by atoms with E-state index in [4.69, 9.17) is 9.94 Å². The number of hydrogen-bond acceptors (Lipinski definition) is 3. The molecule has 0 heterocycles. The van der Waals surface area contributed by atoms with Crippen LogP contribution in [0.4, 0.5) is 0 Å². The molecular weight excluding hydrogens is 258 g/mol. The van der Waals surface area contributed by atoms with Crippen LogP contribution < -0.4 is 5.48 Å². The van der Waals surface area contributed by atoms with E-state index in [-0.39, 0.29) is 0 Å². The van der Waals surface area contributed by atoms with E-state index in [1.807, 2.05) is 0 Å². The van der Waals surface area contributed by atoms with Gasteiger partial charge < -0.3 is 5.11 Å². The number of amides is 1. The molecule has 0 fully saturated rings. The minimum absolute atomic E-state index is 0.393. The molecule has 2 N–H and O–H groups in total. The minimum Gasteiger partial charge on any atom is -0.479 e. The molecule has 2 aromatic carbocycles. The van der Waals surface area contributed by atoms with E-state index in [0.717, 1.165) is 0 Å². The van der Waals surface area contributed by atoms with Crippen molar-refractivity contribution in [2.75, 3.05) is 0 Å². The summed E-state index contributed by atoms with van der Waals surface area (Å²) in [7, 11) is 0. The normalized spacial score (nSPS) is 11.6. The van der Waals surface area contributed by atoms with E-state index < -0.39 is 18.0 Å². The zero-order chi connectivity index (χ0) is 14.4. The summed E-state index contributed by atoms with van der Waals surface area (Å²) in [6.45, 7) is 0. The van der Waals surface area contributed by atoms with Gasteiger partial charge in [0.25, 0.3) is 5.91 Å². The second-order valence-electron chi connectivity index (χ2n) is 4.04. The molecule has 0 aromatic heterocycles. The Kier molecular flexibility index (Phi) is 4.47. The van der Waals surface area contributed by atoms with Crippen LogP contribution in [-0.4, -0.2) is 17.0 Å². The zero-order valence-electron chi connectivity index (χ0n) is 10.5. The lowest BCUT2D eigenvalue weighted by molar-refractivity contribution is -0.154. The zero-order valence-corrected chi connectivity index (χ0v) is 10.5. The lowest BCUT2D eigenvalue weighted by Gasteiger charge is -2.14. The van der Waals surface area contributed by atoms with Gasteiger partial charge in [0.15, 0.2) is 0 Å². The van der Waals surface area contributed by atoms with Gasteiger partial charge in [-0.15, -0.1) is 0 Å². The van der Waals surface area contributed by atoms with Gasteiger partial charge in [0.2, 0.25) is 6.10 Å². The van der Waals surface area contributed by atoms with Gasteiger partial charge >= 0.3 is 5.97 Å². The number of carboxylic acid groups (broad SMARTS) is 1. The van der Waals surface area contributed by atoms with Crippen LogP contribution in [0.5, 0.6) is 0 Å². The predicted octanol–water partition coefficient (Wildman–Crippen LogP) is 2.17. The maximum Gasteiger partial charge on any atom is 0.340 e. The molecule has 0 saturated heterocycles. The van der Waals surface area contributed by atoms with Crippen molar-refractivity contribution in [1.82, 2.24) is 5.48 Å². The molecule has 5 heteroatoms. The van der Waals surface area contributed by atoms with Crippen molar-refractivity contribution in [2.24, 2.45) is 0 Å². The number of aliphatic carboxylic acids is 1. The fourth-order valence-corrected chi connectivity index (χ4v) is 1.65. The van der Waals surface area contributed by atoms with Crippen molar-refractivity contribution < 1.29 is 19.5 Å². The third-order valence-electron chi connectivity index (χ3n) is 2.63. The quantitative estimate of drug-likeness (QED) is 0.817. The molecule has 0 aliphatic heterocycles. The van der Waals surface area contributed by atoms with Crippen molar-refractivity contribution >= 4 is 11.9 Å². The molecule has 0 aliphatic rings. The van der Waals surface area contributed by atoms with E-state index in [1.54, 1.807) is 60.7 Å². The SMILES string of the molecule is O=C(NO[C@@H](C(=O)O)c1ccccc1)c1ccccc1. The Bertz CT molecular complexity index is 583. The molecule has 0 radical (unpaired) electrons. The molecule has 0 saturated carbocycles. The lowest BCUT2D eigenvalue weighted by Crippen LogP contribution is -2.29. The standard InChI is InChI=1S/C15H13NO4/c17-14(12-9-5-2-6-10-12)16-20-13(15(18)19)11-7-3-1-4-8-11/h1-10,13H,(H,16,17)(H,18,19)/t13-/m1/s1. The molecule has 0 bridgehead atoms. The summed E-state index contributed by atoms with van der Waals surface area (Å²) in [5.74, 6) is -1.67. The highest BCUT2D eigenvalue weighted by atomic mass is 16.7. The van der Waals surface area contributed by atoms with Gasteiger partial charge in [-0.1, -0.05) is 48.5 Å². The van der Waals surface area contributed by atoms with Gasteiger partial charge in [0, 0.05) is 5.56 Å². The highest BCUT2D eigenvalue weighted by Gasteiger charge is 2.22. The molecule has 2 aromatic rings. The molecular formula is C15H13NO4. The maximum atomic E-state index is 11.8. The first-order valence-corrected chi connectivity index (χ1v) is 5.97. The molecule has 102 valence electrons. The smallest absolute Gasteiger partial charge is 0.340 e. The number of benzene rings is 2. The third-order valence-corrected chi connectivity index (χ3v) is 2.63. The van der Waals surface area contributed by atoms with Crippen LogP contribution in [0.25, 0.3) is 0 Å². The summed E-state index contributed by atoms with van der Waals surface area (Å²) in [4.78, 5) is 28.0. The summed E-state index contributed by atoms with van der Waals surface area (Å²) in [6.07, 6.45) is -1.25. The number of carbonyl (C=O) groups excluding carboxylic acids is 1. The van der Waals surface area contributed by atoms with Crippen LogP contribution in [0, 0.1) is 0 Å². The second-order valence-corrected chi connectivity index (χ2v) is 4.04. The number of hydroxylamine groups is 1. The first kappa shape index (κ1) is 13.8. The van der Waals surface area contributed by atoms with Gasteiger partial charge in [-0.25, -0.2) is 10.3 Å². The molecule has 1 amide bonds. The highest BCUT2D eigenvalue weighted by molar-refractivity contribution is 5.93. The molecule has 20 heavy (non-hydrogen) atoms. The topological polar surface area (TPSA) is 75.6 Å². The summed E-state index contributed by atoms with van der Waals surface area (Å²) in [6, 6.07) is 16.8. The number of rotatable bonds is 5. The average molecular weight is 271 g/mol. The van der Waals surface area contributed by atoms with Gasteiger partial charge in [-0.3, -0.25) is 9.63 Å². The van der Waals surface area contributed by atoms with E-state index in [1.165, 1.54) is 0 Å². The summed E-state index contributed by atoms with van der Waals surface area (Å²) in [5, 5.41) is 9.13. The van der Waals surface area contributed by atoms with Crippen LogP contribution in [0.2, 0.25) is 0 Å². The fraction of sp³-hybridized carbons (Fsp3) is 0.0667. The van der Waals surface area contributed by atoms with E-state index in [9.17, 15) is 9.59 Å². The van der Waals surface area contributed by atoms with Crippen LogP contribution in [-0.2, 0) is 9.63 Å². The largest absolute Gasteiger partial charge is 0.479 e. The van der Waals surface area contributed by atoms with E-state index >= 15 is 0 Å². The summed E-state index contributed by atoms with van der Waals surface area (Å²) in [5.41, 5.74) is 3.00. The summed E-state index contributed by atoms with van der Waals surface area (Å²) < 4.78 is 0. The van der Waals surface area contributed by atoms with Crippen LogP contribution in [0.1, 0.15) is 22.0 Å². The van der Waals surface area contributed by atoms with Crippen LogP contribution in [0.3, 0.4) is 0 Å². The first-order chi connectivity index (χ1) is 9.68. The van der Waals surface area contributed by atoms with E-state index in [0.29, 0.717) is 11.1 Å². The lowest BCUT2D eigenvalue weighted by atomic mass is 10.1. The molecule has 2 rings (SSSR count). The average Bonchev–Trinajstić information content (AvgIpc) is 2.49. The Morgan fingerprint density at radius 1 is 0.950 bits per heavy atom. The molecule has 0 spiro atoms. The number of nitrogens with one attached hydrogen (secondary N) is 1. The monoisotopic (exact) mass is 271 g/mol. The third kappa shape index (κ3) is 3.43. The van der Waals surface area contributed by atoms with Crippen molar-refractivity contribution in [3.8, 4) is 0 Å². The number of hydrogen-bond donors (Lipinski definition) is 2. The molecule has 0 unspecified atom stereocenters. The summed E-state index contributed by atoms with van der Waals surface area (Å²) >= 11 is 0. The number of carboxylic acids is 1. The van der Waals surface area contributed by atoms with Crippen molar-refractivity contribution in [3.63, 3.8) is 0 Å². The Balaban J connectivity index is 2.04. The Morgan fingerprint density at radius 2 is 1.50 bits per heavy atom. The molecule has 5 nitrogen and oxygen atoms in total. The van der Waals surface area contributed by atoms with Gasteiger partial charge in [-0.2, -0.15) is 0 Å². The highest BCUT2D eigenvalue weighted by Crippen LogP contribution is 2.16. The Labute approximate surface area is 115 Å². The first-order valence-electron chi connectivity index (χ1n) is 5.97. The van der Waals surface area contributed by atoms with E-state index in [2.05, 4.69) is 5.48 Å². The fourth-order valence-electron chi connectivity index (χ4n) is 1.65. The maximum absolute atomic E-state index is 11.8. The second kappa shape index (κ2) is 6.49. The molecule has 1 atom stereocenters. The van der Waals surface area contributed by atoms with Crippen molar-refractivity contribution in [2.45, 2.75) is 6.10 Å². The molecule has 0 aliphatic carbocycles. The Morgan fingerprint density at radius 3 is 2.05 bits per heavy atom. The Hall–Kier alpha value is -2.66. The van der Waals surface area contributed by atoms with Crippen molar-refractivity contribution in [1.29, 1.82) is 0 Å². The van der Waals surface area contributed by atoms with Gasteiger partial charge in [0.1, 0.15) is 0 Å². The number of carbonyl (C=O) groups is 2. The van der Waals surface area contributed by atoms with Crippen LogP contribution >= 0.6 is 0 Å². The van der Waals surface area contributed by atoms with Gasteiger partial charge in [0.05, 0.1) is 0 Å². The minimum atomic E-state index is -1.25. The van der Waals surface area contributed by atoms with Gasteiger partial charge in [-0.05, 0) is 17.7 Å². The van der Waals surface area contributed by atoms with Crippen LogP contribution in [0.15, 0.2) is 60.7 Å². The van der Waals surface area contributed by atoms with Crippen molar-refractivity contribution in [3.05, 3.63) is 71.8 Å².